The lowest BCUT2D eigenvalue weighted by atomic mass is 9.91. The second kappa shape index (κ2) is 15.0. The highest BCUT2D eigenvalue weighted by molar-refractivity contribution is 7.08. The van der Waals surface area contributed by atoms with Crippen LogP contribution in [0.4, 0.5) is 23.7 Å². The van der Waals surface area contributed by atoms with Gasteiger partial charge >= 0.3 is 12.2 Å². The normalized spacial score (nSPS) is 21.3. The number of likely N-dealkylation sites (tertiary alicyclic amines) is 2. The number of likely N-dealkylation sites (N-methyl/N-ethyl adjacent to an activating group) is 1. The molecule has 5 heterocycles. The fourth-order valence-corrected chi connectivity index (χ4v) is 8.75. The van der Waals surface area contributed by atoms with Crippen LogP contribution in [-0.4, -0.2) is 125 Å². The highest BCUT2D eigenvalue weighted by Crippen LogP contribution is 2.41. The van der Waals surface area contributed by atoms with E-state index in [9.17, 15) is 32.7 Å². The Morgan fingerprint density at radius 3 is 2.29 bits per heavy atom. The van der Waals surface area contributed by atoms with E-state index in [0.717, 1.165) is 62.8 Å². The van der Waals surface area contributed by atoms with Gasteiger partial charge in [-0.2, -0.15) is 13.2 Å². The molecule has 0 radical (unpaired) electrons. The van der Waals surface area contributed by atoms with Gasteiger partial charge in [-0.3, -0.25) is 14.5 Å². The molecule has 0 spiro atoms. The molecule has 6 rings (SSSR count). The Kier molecular flexibility index (Phi) is 11.0. The number of piperazine rings is 1. The number of piperidine rings is 2. The van der Waals surface area contributed by atoms with E-state index in [1.54, 1.807) is 21.1 Å². The average molecular weight is 725 g/mol. The first-order valence-corrected chi connectivity index (χ1v) is 18.4. The Balaban J connectivity index is 1.12. The number of benzene rings is 1. The van der Waals surface area contributed by atoms with Gasteiger partial charge in [0, 0.05) is 82.8 Å². The van der Waals surface area contributed by atoms with Crippen LogP contribution in [0, 0.1) is 5.92 Å². The van der Waals surface area contributed by atoms with Crippen molar-refractivity contribution in [3.05, 3.63) is 44.6 Å². The largest absolute Gasteiger partial charge is 0.506 e. The van der Waals surface area contributed by atoms with Crippen molar-refractivity contribution in [2.45, 2.75) is 63.2 Å². The summed E-state index contributed by atoms with van der Waals surface area (Å²) in [6, 6.07) is 2.25. The Morgan fingerprint density at radius 2 is 1.61 bits per heavy atom. The Hall–Kier alpha value is -3.07. The van der Waals surface area contributed by atoms with E-state index in [1.165, 1.54) is 6.07 Å². The van der Waals surface area contributed by atoms with E-state index in [2.05, 4.69) is 22.2 Å². The third-order valence-electron chi connectivity index (χ3n) is 10.6. The molecule has 0 saturated carbocycles. The highest BCUT2D eigenvalue weighted by Gasteiger charge is 2.38. The first-order chi connectivity index (χ1) is 23.4. The average Bonchev–Trinajstić information content (AvgIpc) is 3.45. The van der Waals surface area contributed by atoms with Crippen molar-refractivity contribution in [3.8, 4) is 5.75 Å². The first kappa shape index (κ1) is 35.7. The van der Waals surface area contributed by atoms with Crippen molar-refractivity contribution in [1.82, 2.24) is 24.5 Å². The van der Waals surface area contributed by atoms with Crippen LogP contribution in [0.25, 0.3) is 0 Å². The molecule has 0 aliphatic carbocycles. The molecule has 15 heteroatoms. The van der Waals surface area contributed by atoms with Gasteiger partial charge in [-0.25, -0.2) is 4.79 Å². The molecule has 4 aliphatic heterocycles. The lowest BCUT2D eigenvalue weighted by Gasteiger charge is -2.42. The topological polar surface area (TPSA) is 99.7 Å². The summed E-state index contributed by atoms with van der Waals surface area (Å²) in [6.45, 7) is 6.39. The first-order valence-electron chi connectivity index (χ1n) is 17.1. The molecule has 4 aliphatic rings. The van der Waals surface area contributed by atoms with Gasteiger partial charge in [0.1, 0.15) is 5.75 Å². The molecule has 4 amide bonds. The minimum Gasteiger partial charge on any atom is -0.506 e. The van der Waals surface area contributed by atoms with Crippen molar-refractivity contribution < 1.29 is 32.7 Å². The zero-order valence-corrected chi connectivity index (χ0v) is 29.3. The lowest BCUT2D eigenvalue weighted by Crippen LogP contribution is -2.53. The third kappa shape index (κ3) is 8.29. The van der Waals surface area contributed by atoms with Crippen molar-refractivity contribution in [1.29, 1.82) is 0 Å². The number of rotatable bonds is 7. The standard InChI is InChI=1S/C34H44ClF3N6O4S/c1-40-12-14-41(15-13-40)25-3-9-43(10-4-25)32(47)24(16-22-17-27(34(36,37)38)31(46)28(35)18-22)19-30(45)42-7-5-26(6-8-42)44-11-2-23-20-49-21-29(23)39-33(44)48/h17-18,20-21,24-26,46H,2-16,19H2,1H3,(H,39,48)/t24-/m0/s1. The quantitative estimate of drug-likeness (QED) is 0.418. The molecule has 3 fully saturated rings. The van der Waals surface area contributed by atoms with Crippen molar-refractivity contribution >= 4 is 46.5 Å². The molecule has 3 saturated heterocycles. The Morgan fingerprint density at radius 1 is 0.959 bits per heavy atom. The lowest BCUT2D eigenvalue weighted by molar-refractivity contribution is -0.143. The molecule has 2 N–H and O–H groups in total. The number of carbonyl (C=O) groups excluding carboxylic acids is 3. The van der Waals surface area contributed by atoms with Crippen LogP contribution in [0.5, 0.6) is 5.75 Å². The van der Waals surface area contributed by atoms with Crippen molar-refractivity contribution in [2.24, 2.45) is 5.92 Å². The molecular weight excluding hydrogens is 681 g/mol. The van der Waals surface area contributed by atoms with Crippen LogP contribution < -0.4 is 5.32 Å². The maximum Gasteiger partial charge on any atom is 0.420 e. The van der Waals surface area contributed by atoms with Gasteiger partial charge in [0.05, 0.1) is 22.2 Å². The number of aromatic hydroxyl groups is 1. The van der Waals surface area contributed by atoms with Gasteiger partial charge in [-0.1, -0.05) is 11.6 Å². The van der Waals surface area contributed by atoms with E-state index in [4.69, 9.17) is 11.6 Å². The van der Waals surface area contributed by atoms with Gasteiger partial charge in [-0.15, -0.1) is 11.3 Å². The molecule has 49 heavy (non-hydrogen) atoms. The highest BCUT2D eigenvalue weighted by atomic mass is 35.5. The Bertz CT molecular complexity index is 1520. The molecule has 1 atom stereocenters. The van der Waals surface area contributed by atoms with Crippen molar-refractivity contribution in [3.63, 3.8) is 0 Å². The van der Waals surface area contributed by atoms with Crippen LogP contribution in [-0.2, 0) is 28.6 Å². The summed E-state index contributed by atoms with van der Waals surface area (Å²) in [4.78, 5) is 50.8. The van der Waals surface area contributed by atoms with Gasteiger partial charge in [0.25, 0.3) is 0 Å². The Labute approximate surface area is 293 Å². The predicted molar refractivity (Wildman–Crippen MR) is 182 cm³/mol. The molecule has 2 aromatic rings. The molecular formula is C34H44ClF3N6O4S. The number of anilines is 1. The van der Waals surface area contributed by atoms with Crippen LogP contribution in [0.2, 0.25) is 5.02 Å². The van der Waals surface area contributed by atoms with Gasteiger partial charge < -0.3 is 30.0 Å². The molecule has 1 aromatic heterocycles. The summed E-state index contributed by atoms with van der Waals surface area (Å²) < 4.78 is 41.2. The minimum absolute atomic E-state index is 0.0318. The number of thiophene rings is 1. The number of halogens is 4. The van der Waals surface area contributed by atoms with E-state index in [0.29, 0.717) is 51.6 Å². The van der Waals surface area contributed by atoms with Crippen LogP contribution in [0.15, 0.2) is 22.9 Å². The minimum atomic E-state index is -4.84. The molecule has 268 valence electrons. The van der Waals surface area contributed by atoms with E-state index in [-0.39, 0.29) is 42.3 Å². The number of fused-ring (bicyclic) bond motifs is 1. The zero-order chi connectivity index (χ0) is 34.9. The smallest absolute Gasteiger partial charge is 0.420 e. The maximum atomic E-state index is 14.1. The number of nitrogens with zero attached hydrogens (tertiary/aromatic N) is 5. The second-order valence-electron chi connectivity index (χ2n) is 13.8. The fraction of sp³-hybridized carbons (Fsp3) is 0.618. The third-order valence-corrected chi connectivity index (χ3v) is 11.7. The van der Waals surface area contributed by atoms with Crippen molar-refractivity contribution in [2.75, 3.05) is 71.3 Å². The van der Waals surface area contributed by atoms with Gasteiger partial charge in [-0.05, 0) is 74.2 Å². The number of hydrogen-bond donors (Lipinski definition) is 2. The summed E-state index contributed by atoms with van der Waals surface area (Å²) in [5.74, 6) is -2.46. The molecule has 10 nitrogen and oxygen atoms in total. The van der Waals surface area contributed by atoms with E-state index >= 15 is 0 Å². The van der Waals surface area contributed by atoms with E-state index in [1.807, 2.05) is 15.7 Å². The fourth-order valence-electron chi connectivity index (χ4n) is 7.69. The number of urea groups is 1. The number of nitrogens with one attached hydrogen (secondary N) is 1. The van der Waals surface area contributed by atoms with Gasteiger partial charge in [0.2, 0.25) is 11.8 Å². The number of carbonyl (C=O) groups is 3. The summed E-state index contributed by atoms with van der Waals surface area (Å²) in [6.07, 6.45) is -1.60. The molecule has 0 unspecified atom stereocenters. The van der Waals surface area contributed by atoms with Crippen LogP contribution in [0.1, 0.15) is 48.8 Å². The number of phenolic OH excluding ortho intramolecular Hbond substituents is 1. The number of phenols is 1. The van der Waals surface area contributed by atoms with E-state index < -0.39 is 28.4 Å². The zero-order valence-electron chi connectivity index (χ0n) is 27.7. The summed E-state index contributed by atoms with van der Waals surface area (Å²) >= 11 is 7.58. The predicted octanol–water partition coefficient (Wildman–Crippen LogP) is 4.99. The summed E-state index contributed by atoms with van der Waals surface area (Å²) in [7, 11) is 2.11. The van der Waals surface area contributed by atoms with Crippen LogP contribution >= 0.6 is 22.9 Å². The van der Waals surface area contributed by atoms with Crippen LogP contribution in [0.3, 0.4) is 0 Å². The summed E-state index contributed by atoms with van der Waals surface area (Å²) in [5, 5.41) is 16.5. The molecule has 1 aromatic carbocycles. The maximum absolute atomic E-state index is 14.1. The second-order valence-corrected chi connectivity index (χ2v) is 14.9. The molecule has 0 bridgehead atoms. The monoisotopic (exact) mass is 724 g/mol. The summed E-state index contributed by atoms with van der Waals surface area (Å²) in [5.41, 5.74) is 0.828. The number of alkyl halides is 3. The number of amides is 4. The SMILES string of the molecule is CN1CCN(C2CCN(C(=O)[C@H](CC(=O)N3CCC(N4CCc5cscc5NC4=O)CC3)Cc3cc(Cl)c(O)c(C(F)(F)F)c3)CC2)CC1. The van der Waals surface area contributed by atoms with Gasteiger partial charge in [0.15, 0.2) is 0 Å². The number of hydrogen-bond acceptors (Lipinski definition) is 7.